The third-order valence-corrected chi connectivity index (χ3v) is 4.23. The summed E-state index contributed by atoms with van der Waals surface area (Å²) in [6, 6.07) is 9.27. The van der Waals surface area contributed by atoms with Crippen LogP contribution in [0.1, 0.15) is 40.1 Å². The second-order valence-corrected chi connectivity index (χ2v) is 5.90. The minimum atomic E-state index is 0.321. The molecule has 0 aliphatic heterocycles. The minimum absolute atomic E-state index is 0.321. The van der Waals surface area contributed by atoms with Gasteiger partial charge in [-0.2, -0.15) is 0 Å². The molecular weight excluding hydrogens is 238 g/mol. The molecule has 1 aromatic heterocycles. The highest BCUT2D eigenvalue weighted by Crippen LogP contribution is 2.30. The van der Waals surface area contributed by atoms with E-state index in [1.54, 1.807) is 0 Å². The van der Waals surface area contributed by atoms with Crippen molar-refractivity contribution < 1.29 is 0 Å². The molecular formula is C16H21NS. The van der Waals surface area contributed by atoms with Crippen LogP contribution in [0.4, 0.5) is 0 Å². The van der Waals surface area contributed by atoms with E-state index in [0.717, 1.165) is 6.54 Å². The Kier molecular flexibility index (Phi) is 4.20. The van der Waals surface area contributed by atoms with Crippen molar-refractivity contribution in [1.29, 1.82) is 0 Å². The van der Waals surface area contributed by atoms with E-state index >= 15 is 0 Å². The zero-order valence-corrected chi connectivity index (χ0v) is 12.4. The van der Waals surface area contributed by atoms with E-state index in [2.05, 4.69) is 62.7 Å². The first-order chi connectivity index (χ1) is 8.63. The fraction of sp³-hybridized carbons (Fsp3) is 0.375. The van der Waals surface area contributed by atoms with Crippen LogP contribution in [-0.2, 0) is 0 Å². The Bertz CT molecular complexity index is 528. The molecule has 0 saturated carbocycles. The Labute approximate surface area is 114 Å². The number of hydrogen-bond acceptors (Lipinski definition) is 2. The Hall–Kier alpha value is -1.12. The first-order valence-electron chi connectivity index (χ1n) is 6.48. The summed E-state index contributed by atoms with van der Waals surface area (Å²) in [5.74, 6) is 0. The van der Waals surface area contributed by atoms with Gasteiger partial charge in [0.1, 0.15) is 0 Å². The summed E-state index contributed by atoms with van der Waals surface area (Å²) in [7, 11) is 0. The van der Waals surface area contributed by atoms with Crippen molar-refractivity contribution in [3.63, 3.8) is 0 Å². The molecule has 1 nitrogen and oxygen atoms in total. The fourth-order valence-corrected chi connectivity index (χ4v) is 3.10. The topological polar surface area (TPSA) is 12.0 Å². The van der Waals surface area contributed by atoms with E-state index in [1.165, 1.54) is 27.1 Å². The number of nitrogens with one attached hydrogen (secondary N) is 1. The Balaban J connectivity index is 2.48. The highest BCUT2D eigenvalue weighted by Gasteiger charge is 2.17. The van der Waals surface area contributed by atoms with E-state index < -0.39 is 0 Å². The lowest BCUT2D eigenvalue weighted by atomic mass is 9.94. The first-order valence-corrected chi connectivity index (χ1v) is 7.36. The number of benzene rings is 1. The average molecular weight is 259 g/mol. The van der Waals surface area contributed by atoms with Crippen molar-refractivity contribution >= 4 is 11.3 Å². The van der Waals surface area contributed by atoms with Crippen LogP contribution in [0, 0.1) is 20.8 Å². The van der Waals surface area contributed by atoms with Crippen molar-refractivity contribution in [2.45, 2.75) is 33.7 Å². The summed E-state index contributed by atoms with van der Waals surface area (Å²) in [4.78, 5) is 1.40. The standard InChI is InChI=1S/C16H21NS/c1-5-17-16(14-8-9-18-13(14)4)15-10-11(2)6-7-12(15)3/h6-10,16-17H,5H2,1-4H3. The van der Waals surface area contributed by atoms with Crippen LogP contribution in [0.3, 0.4) is 0 Å². The van der Waals surface area contributed by atoms with E-state index in [0.29, 0.717) is 6.04 Å². The summed E-state index contributed by atoms with van der Waals surface area (Å²) in [6.07, 6.45) is 0. The van der Waals surface area contributed by atoms with Crippen LogP contribution >= 0.6 is 11.3 Å². The molecule has 2 aromatic rings. The van der Waals surface area contributed by atoms with Crippen molar-refractivity contribution in [3.05, 3.63) is 56.8 Å². The van der Waals surface area contributed by atoms with Gasteiger partial charge in [-0.15, -0.1) is 11.3 Å². The molecule has 0 radical (unpaired) electrons. The molecule has 1 heterocycles. The number of hydrogen-bond donors (Lipinski definition) is 1. The smallest absolute Gasteiger partial charge is 0.0590 e. The van der Waals surface area contributed by atoms with Crippen molar-refractivity contribution in [3.8, 4) is 0 Å². The van der Waals surface area contributed by atoms with Gasteiger partial charge in [0.2, 0.25) is 0 Å². The van der Waals surface area contributed by atoms with Gasteiger partial charge in [0.05, 0.1) is 6.04 Å². The fourth-order valence-electron chi connectivity index (χ4n) is 2.36. The normalized spacial score (nSPS) is 12.7. The van der Waals surface area contributed by atoms with Gasteiger partial charge in [-0.05, 0) is 55.5 Å². The van der Waals surface area contributed by atoms with Gasteiger partial charge in [0, 0.05) is 4.88 Å². The quantitative estimate of drug-likeness (QED) is 0.859. The molecule has 0 amide bonds. The lowest BCUT2D eigenvalue weighted by molar-refractivity contribution is 0.627. The van der Waals surface area contributed by atoms with Gasteiger partial charge in [-0.25, -0.2) is 0 Å². The zero-order chi connectivity index (χ0) is 13.1. The van der Waals surface area contributed by atoms with E-state index in [1.807, 2.05) is 11.3 Å². The molecule has 0 saturated heterocycles. The largest absolute Gasteiger partial charge is 0.306 e. The van der Waals surface area contributed by atoms with Gasteiger partial charge in [-0.1, -0.05) is 30.7 Å². The Morgan fingerprint density at radius 2 is 1.89 bits per heavy atom. The Morgan fingerprint density at radius 1 is 1.11 bits per heavy atom. The molecule has 0 bridgehead atoms. The van der Waals surface area contributed by atoms with Crippen molar-refractivity contribution in [2.24, 2.45) is 0 Å². The Morgan fingerprint density at radius 3 is 2.50 bits per heavy atom. The van der Waals surface area contributed by atoms with E-state index in [-0.39, 0.29) is 0 Å². The van der Waals surface area contributed by atoms with Crippen LogP contribution in [-0.4, -0.2) is 6.54 Å². The molecule has 0 aliphatic carbocycles. The molecule has 0 aliphatic rings. The zero-order valence-electron chi connectivity index (χ0n) is 11.6. The lowest BCUT2D eigenvalue weighted by Crippen LogP contribution is -2.23. The summed E-state index contributed by atoms with van der Waals surface area (Å²) >= 11 is 1.82. The molecule has 1 atom stereocenters. The molecule has 2 rings (SSSR count). The number of rotatable bonds is 4. The first kappa shape index (κ1) is 13.3. The van der Waals surface area contributed by atoms with Gasteiger partial charge < -0.3 is 5.32 Å². The predicted molar refractivity (Wildman–Crippen MR) is 80.5 cm³/mol. The van der Waals surface area contributed by atoms with Crippen LogP contribution in [0.5, 0.6) is 0 Å². The van der Waals surface area contributed by atoms with Crippen LogP contribution in [0.2, 0.25) is 0 Å². The highest BCUT2D eigenvalue weighted by atomic mass is 32.1. The van der Waals surface area contributed by atoms with Crippen molar-refractivity contribution in [1.82, 2.24) is 5.32 Å². The molecule has 1 N–H and O–H groups in total. The summed E-state index contributed by atoms with van der Waals surface area (Å²) in [5.41, 5.74) is 5.50. The minimum Gasteiger partial charge on any atom is -0.306 e. The molecule has 1 unspecified atom stereocenters. The third kappa shape index (κ3) is 2.65. The van der Waals surface area contributed by atoms with Crippen LogP contribution in [0.25, 0.3) is 0 Å². The maximum Gasteiger partial charge on any atom is 0.0590 e. The van der Waals surface area contributed by atoms with Gasteiger partial charge >= 0.3 is 0 Å². The molecule has 96 valence electrons. The van der Waals surface area contributed by atoms with Gasteiger partial charge in [0.15, 0.2) is 0 Å². The van der Waals surface area contributed by atoms with Crippen LogP contribution in [0.15, 0.2) is 29.6 Å². The maximum absolute atomic E-state index is 3.62. The number of thiophene rings is 1. The van der Waals surface area contributed by atoms with Crippen LogP contribution < -0.4 is 5.32 Å². The summed E-state index contributed by atoms with van der Waals surface area (Å²) in [6.45, 7) is 9.70. The molecule has 18 heavy (non-hydrogen) atoms. The number of aryl methyl sites for hydroxylation is 3. The van der Waals surface area contributed by atoms with Gasteiger partial charge in [0.25, 0.3) is 0 Å². The second-order valence-electron chi connectivity index (χ2n) is 4.78. The maximum atomic E-state index is 3.62. The summed E-state index contributed by atoms with van der Waals surface area (Å²) in [5, 5.41) is 5.80. The summed E-state index contributed by atoms with van der Waals surface area (Å²) < 4.78 is 0. The predicted octanol–water partition coefficient (Wildman–Crippen LogP) is 4.37. The second kappa shape index (κ2) is 5.68. The third-order valence-electron chi connectivity index (χ3n) is 3.36. The van der Waals surface area contributed by atoms with E-state index in [9.17, 15) is 0 Å². The molecule has 0 fully saturated rings. The SMILES string of the molecule is CCNC(c1cc(C)ccc1C)c1ccsc1C. The molecule has 1 aromatic carbocycles. The van der Waals surface area contributed by atoms with Crippen molar-refractivity contribution in [2.75, 3.05) is 6.54 Å². The monoisotopic (exact) mass is 259 g/mol. The van der Waals surface area contributed by atoms with Gasteiger partial charge in [-0.3, -0.25) is 0 Å². The highest BCUT2D eigenvalue weighted by molar-refractivity contribution is 7.10. The molecule has 2 heteroatoms. The lowest BCUT2D eigenvalue weighted by Gasteiger charge is -2.21. The molecule has 0 spiro atoms. The average Bonchev–Trinajstić information content (AvgIpc) is 2.76. The van der Waals surface area contributed by atoms with E-state index in [4.69, 9.17) is 0 Å².